The van der Waals surface area contributed by atoms with E-state index in [9.17, 15) is 14.0 Å². The molecule has 2 aromatic carbocycles. The number of hydrogen-bond donors (Lipinski definition) is 1. The maximum absolute atomic E-state index is 14.0. The van der Waals surface area contributed by atoms with Gasteiger partial charge in [-0.3, -0.25) is 14.5 Å². The lowest BCUT2D eigenvalue weighted by atomic mass is 10.0. The molecule has 0 radical (unpaired) electrons. The van der Waals surface area contributed by atoms with Crippen LogP contribution in [0.4, 0.5) is 4.39 Å². The first-order chi connectivity index (χ1) is 15.0. The van der Waals surface area contributed by atoms with E-state index < -0.39 is 6.04 Å². The Morgan fingerprint density at radius 1 is 1.06 bits per heavy atom. The molecule has 7 heteroatoms. The zero-order valence-corrected chi connectivity index (χ0v) is 18.1. The lowest BCUT2D eigenvalue weighted by Crippen LogP contribution is -2.38. The number of nitrogens with zero attached hydrogens (tertiary/aromatic N) is 2. The van der Waals surface area contributed by atoms with E-state index in [1.54, 1.807) is 19.2 Å². The summed E-state index contributed by atoms with van der Waals surface area (Å²) in [5.74, 6) is 0.347. The molecule has 6 nitrogen and oxygen atoms in total. The van der Waals surface area contributed by atoms with Crippen molar-refractivity contribution < 1.29 is 18.7 Å². The molecule has 1 unspecified atom stereocenters. The SMILES string of the molecule is COc1ccc(C(CC(=O)N2CCCN(Cc3ccccc3F)CC2)NC(C)=O)cc1. The van der Waals surface area contributed by atoms with Gasteiger partial charge in [-0.25, -0.2) is 4.39 Å². The fourth-order valence-electron chi connectivity index (χ4n) is 3.88. The first-order valence-electron chi connectivity index (χ1n) is 10.6. The summed E-state index contributed by atoms with van der Waals surface area (Å²) in [5, 5.41) is 2.89. The van der Waals surface area contributed by atoms with Gasteiger partial charge in [-0.15, -0.1) is 0 Å². The highest BCUT2D eigenvalue weighted by molar-refractivity contribution is 5.79. The standard InChI is InChI=1S/C24H30FN3O3/c1-18(29)26-23(19-8-10-21(31-2)11-9-19)16-24(30)28-13-5-12-27(14-15-28)17-20-6-3-4-7-22(20)25/h3-4,6-11,23H,5,12-17H2,1-2H3,(H,26,29). The van der Waals surface area contributed by atoms with Gasteiger partial charge >= 0.3 is 0 Å². The van der Waals surface area contributed by atoms with Crippen molar-refractivity contribution in [2.45, 2.75) is 32.4 Å². The second kappa shape index (κ2) is 10.9. The maximum Gasteiger partial charge on any atom is 0.225 e. The molecule has 2 aromatic rings. The molecule has 166 valence electrons. The van der Waals surface area contributed by atoms with E-state index in [4.69, 9.17) is 4.74 Å². The van der Waals surface area contributed by atoms with Gasteiger partial charge < -0.3 is 15.0 Å². The van der Waals surface area contributed by atoms with Crippen molar-refractivity contribution in [3.63, 3.8) is 0 Å². The molecule has 0 spiro atoms. The molecular formula is C24H30FN3O3. The fraction of sp³-hybridized carbons (Fsp3) is 0.417. The third kappa shape index (κ3) is 6.52. The number of methoxy groups -OCH3 is 1. The Bertz CT molecular complexity index is 888. The van der Waals surface area contributed by atoms with Crippen molar-refractivity contribution in [1.29, 1.82) is 0 Å². The van der Waals surface area contributed by atoms with Gasteiger partial charge in [0.25, 0.3) is 0 Å². The molecule has 1 atom stereocenters. The topological polar surface area (TPSA) is 61.9 Å². The van der Waals surface area contributed by atoms with Gasteiger partial charge in [0.05, 0.1) is 19.6 Å². The van der Waals surface area contributed by atoms with Crippen LogP contribution in [0.5, 0.6) is 5.75 Å². The molecule has 3 rings (SSSR count). The van der Waals surface area contributed by atoms with E-state index in [1.165, 1.54) is 13.0 Å². The summed E-state index contributed by atoms with van der Waals surface area (Å²) < 4.78 is 19.2. The maximum atomic E-state index is 14.0. The minimum absolute atomic E-state index is 0.00214. The third-order valence-electron chi connectivity index (χ3n) is 5.57. The first-order valence-corrected chi connectivity index (χ1v) is 10.6. The number of ether oxygens (including phenoxy) is 1. The Kier molecular flexibility index (Phi) is 8.00. The predicted molar refractivity (Wildman–Crippen MR) is 117 cm³/mol. The van der Waals surface area contributed by atoms with Gasteiger partial charge in [0.15, 0.2) is 0 Å². The molecule has 1 N–H and O–H groups in total. The predicted octanol–water partition coefficient (Wildman–Crippen LogP) is 3.14. The summed E-state index contributed by atoms with van der Waals surface area (Å²) >= 11 is 0. The highest BCUT2D eigenvalue weighted by Gasteiger charge is 2.24. The summed E-state index contributed by atoms with van der Waals surface area (Å²) in [5.41, 5.74) is 1.54. The Morgan fingerprint density at radius 2 is 1.81 bits per heavy atom. The Morgan fingerprint density at radius 3 is 2.48 bits per heavy atom. The second-order valence-corrected chi connectivity index (χ2v) is 7.83. The summed E-state index contributed by atoms with van der Waals surface area (Å²) in [6.45, 7) is 4.73. The molecule has 0 saturated carbocycles. The van der Waals surface area contributed by atoms with E-state index in [1.807, 2.05) is 35.2 Å². The van der Waals surface area contributed by atoms with Gasteiger partial charge in [0.1, 0.15) is 11.6 Å². The number of halogens is 1. The number of nitrogens with one attached hydrogen (secondary N) is 1. The van der Waals surface area contributed by atoms with Crippen LogP contribution < -0.4 is 10.1 Å². The van der Waals surface area contributed by atoms with E-state index in [2.05, 4.69) is 10.2 Å². The molecular weight excluding hydrogens is 397 g/mol. The van der Waals surface area contributed by atoms with Crippen molar-refractivity contribution in [3.8, 4) is 5.75 Å². The highest BCUT2D eigenvalue weighted by Crippen LogP contribution is 2.22. The van der Waals surface area contributed by atoms with Gasteiger partial charge in [-0.2, -0.15) is 0 Å². The van der Waals surface area contributed by atoms with E-state index in [0.29, 0.717) is 31.7 Å². The lowest BCUT2D eigenvalue weighted by molar-refractivity contribution is -0.132. The van der Waals surface area contributed by atoms with E-state index in [-0.39, 0.29) is 24.1 Å². The average molecular weight is 428 g/mol. The molecule has 1 heterocycles. The van der Waals surface area contributed by atoms with Crippen LogP contribution in [0.25, 0.3) is 0 Å². The number of benzene rings is 2. The zero-order chi connectivity index (χ0) is 22.2. The van der Waals surface area contributed by atoms with Crippen LogP contribution in [0.1, 0.15) is 36.9 Å². The van der Waals surface area contributed by atoms with Crippen LogP contribution in [-0.2, 0) is 16.1 Å². The molecule has 0 bridgehead atoms. The van der Waals surface area contributed by atoms with Crippen molar-refractivity contribution in [2.24, 2.45) is 0 Å². The number of amides is 2. The van der Waals surface area contributed by atoms with Crippen molar-refractivity contribution in [2.75, 3.05) is 33.3 Å². The Labute approximate surface area is 183 Å². The number of hydrogen-bond acceptors (Lipinski definition) is 4. The number of carbonyl (C=O) groups excluding carboxylic acids is 2. The molecule has 1 aliphatic heterocycles. The monoisotopic (exact) mass is 427 g/mol. The summed E-state index contributed by atoms with van der Waals surface area (Å²) in [6, 6.07) is 13.8. The highest BCUT2D eigenvalue weighted by atomic mass is 19.1. The molecule has 0 aromatic heterocycles. The fourth-order valence-corrected chi connectivity index (χ4v) is 3.88. The molecule has 1 fully saturated rings. The molecule has 1 aliphatic rings. The quantitative estimate of drug-likeness (QED) is 0.738. The smallest absolute Gasteiger partial charge is 0.225 e. The van der Waals surface area contributed by atoms with Gasteiger partial charge in [-0.05, 0) is 30.2 Å². The lowest BCUT2D eigenvalue weighted by Gasteiger charge is -2.25. The number of rotatable bonds is 7. The summed E-state index contributed by atoms with van der Waals surface area (Å²) in [6.07, 6.45) is 1.02. The van der Waals surface area contributed by atoms with Crippen molar-refractivity contribution >= 4 is 11.8 Å². The summed E-state index contributed by atoms with van der Waals surface area (Å²) in [4.78, 5) is 28.8. The number of carbonyl (C=O) groups is 2. The molecule has 0 aliphatic carbocycles. The van der Waals surface area contributed by atoms with E-state index in [0.717, 1.165) is 24.3 Å². The Hall–Kier alpha value is -2.93. The van der Waals surface area contributed by atoms with Crippen molar-refractivity contribution in [1.82, 2.24) is 15.1 Å². The van der Waals surface area contributed by atoms with Gasteiger partial charge in [0.2, 0.25) is 11.8 Å². The van der Waals surface area contributed by atoms with Crippen LogP contribution in [0, 0.1) is 5.82 Å². The Balaban J connectivity index is 1.61. The molecule has 1 saturated heterocycles. The third-order valence-corrected chi connectivity index (χ3v) is 5.57. The van der Waals surface area contributed by atoms with Gasteiger partial charge in [-0.1, -0.05) is 30.3 Å². The second-order valence-electron chi connectivity index (χ2n) is 7.83. The zero-order valence-electron chi connectivity index (χ0n) is 18.1. The van der Waals surface area contributed by atoms with Crippen LogP contribution in [0.15, 0.2) is 48.5 Å². The van der Waals surface area contributed by atoms with Gasteiger partial charge in [0, 0.05) is 45.2 Å². The van der Waals surface area contributed by atoms with Crippen molar-refractivity contribution in [3.05, 3.63) is 65.5 Å². The molecule has 2 amide bonds. The first kappa shape index (κ1) is 22.7. The summed E-state index contributed by atoms with van der Waals surface area (Å²) in [7, 11) is 1.60. The van der Waals surface area contributed by atoms with Crippen LogP contribution >= 0.6 is 0 Å². The van der Waals surface area contributed by atoms with Crippen LogP contribution in [0.2, 0.25) is 0 Å². The molecule has 31 heavy (non-hydrogen) atoms. The minimum Gasteiger partial charge on any atom is -0.497 e. The van der Waals surface area contributed by atoms with Crippen LogP contribution in [0.3, 0.4) is 0 Å². The normalized spacial score (nSPS) is 15.8. The van der Waals surface area contributed by atoms with E-state index >= 15 is 0 Å². The van der Waals surface area contributed by atoms with Crippen LogP contribution in [-0.4, -0.2) is 54.9 Å². The average Bonchev–Trinajstić information content (AvgIpc) is 3.00. The largest absolute Gasteiger partial charge is 0.497 e. The minimum atomic E-state index is -0.395.